The van der Waals surface area contributed by atoms with E-state index < -0.39 is 10.0 Å². The zero-order valence-electron chi connectivity index (χ0n) is 19.4. The third kappa shape index (κ3) is 4.32. The van der Waals surface area contributed by atoms with Crippen LogP contribution in [0.15, 0.2) is 71.6 Å². The van der Waals surface area contributed by atoms with Crippen LogP contribution < -0.4 is 13.9 Å². The minimum Gasteiger partial charge on any atom is -0.496 e. The molecule has 1 saturated heterocycles. The van der Waals surface area contributed by atoms with E-state index in [-0.39, 0.29) is 22.2 Å². The molecule has 0 bridgehead atoms. The Kier molecular flexibility index (Phi) is 6.10. The first-order valence-electron chi connectivity index (χ1n) is 11.5. The predicted molar refractivity (Wildman–Crippen MR) is 132 cm³/mol. The van der Waals surface area contributed by atoms with Crippen LogP contribution in [0, 0.1) is 5.82 Å². The number of methoxy groups -OCH3 is 1. The monoisotopic (exact) mass is 495 g/mol. The van der Waals surface area contributed by atoms with Crippen molar-refractivity contribution < 1.29 is 22.3 Å². The highest BCUT2D eigenvalue weighted by molar-refractivity contribution is 7.92. The molecule has 0 unspecified atom stereocenters. The maximum absolute atomic E-state index is 13.5. The van der Waals surface area contributed by atoms with Gasteiger partial charge in [0.15, 0.2) is 0 Å². The number of fused-ring (bicyclic) bond motifs is 1. The van der Waals surface area contributed by atoms with Crippen molar-refractivity contribution in [1.29, 1.82) is 0 Å². The summed E-state index contributed by atoms with van der Waals surface area (Å²) in [5, 5.41) is 0. The van der Waals surface area contributed by atoms with Crippen molar-refractivity contribution in [3.63, 3.8) is 0 Å². The number of rotatable bonds is 5. The molecular formula is C26H26FN3O4S. The maximum atomic E-state index is 13.5. The molecule has 9 heteroatoms. The molecular weight excluding hydrogens is 469 g/mol. The predicted octanol–water partition coefficient (Wildman–Crippen LogP) is 3.55. The molecule has 0 atom stereocenters. The number of ether oxygens (including phenoxy) is 1. The van der Waals surface area contributed by atoms with Crippen molar-refractivity contribution in [3.05, 3.63) is 83.7 Å². The van der Waals surface area contributed by atoms with Crippen LogP contribution in [0.25, 0.3) is 0 Å². The highest BCUT2D eigenvalue weighted by atomic mass is 32.2. The standard InChI is InChI=1S/C26H26FN3O4S/c1-34-25-11-10-22(35(32,33)30-13-12-19-4-2-3-5-24(19)30)18-23(25)26(31)29-16-14-28(15-17-29)21-8-6-20(27)7-9-21/h2-11,18H,12-17H2,1H3. The van der Waals surface area contributed by atoms with Gasteiger partial charge in [0.25, 0.3) is 15.9 Å². The Bertz CT molecular complexity index is 1350. The second kappa shape index (κ2) is 9.22. The molecule has 182 valence electrons. The molecule has 7 nitrogen and oxygen atoms in total. The van der Waals surface area contributed by atoms with E-state index in [0.717, 1.165) is 11.3 Å². The van der Waals surface area contributed by atoms with Gasteiger partial charge in [0, 0.05) is 38.4 Å². The summed E-state index contributed by atoms with van der Waals surface area (Å²) in [4.78, 5) is 17.3. The lowest BCUT2D eigenvalue weighted by Gasteiger charge is -2.36. The Morgan fingerprint density at radius 3 is 2.34 bits per heavy atom. The van der Waals surface area contributed by atoms with E-state index >= 15 is 0 Å². The molecule has 35 heavy (non-hydrogen) atoms. The SMILES string of the molecule is COc1ccc(S(=O)(=O)N2CCc3ccccc32)cc1C(=O)N1CCN(c2ccc(F)cc2)CC1. The highest BCUT2D eigenvalue weighted by Crippen LogP contribution is 2.34. The number of amides is 1. The third-order valence-corrected chi connectivity index (χ3v) is 8.40. The van der Waals surface area contributed by atoms with Gasteiger partial charge in [-0.1, -0.05) is 18.2 Å². The minimum atomic E-state index is -3.84. The number of hydrogen-bond acceptors (Lipinski definition) is 5. The normalized spacial score (nSPS) is 15.8. The molecule has 3 aromatic carbocycles. The zero-order chi connectivity index (χ0) is 24.6. The Balaban J connectivity index is 1.37. The van der Waals surface area contributed by atoms with E-state index in [4.69, 9.17) is 4.74 Å². The molecule has 1 fully saturated rings. The number of sulfonamides is 1. The van der Waals surface area contributed by atoms with Crippen LogP contribution in [0.3, 0.4) is 0 Å². The van der Waals surface area contributed by atoms with Gasteiger partial charge in [0.05, 0.1) is 23.3 Å². The molecule has 2 heterocycles. The number of carbonyl (C=O) groups is 1. The molecule has 0 aliphatic carbocycles. The average Bonchev–Trinajstić information content (AvgIpc) is 3.33. The van der Waals surface area contributed by atoms with Crippen LogP contribution in [-0.4, -0.2) is 59.1 Å². The number of carbonyl (C=O) groups excluding carboxylic acids is 1. The molecule has 2 aliphatic rings. The molecule has 2 aliphatic heterocycles. The number of nitrogens with zero attached hydrogens (tertiary/aromatic N) is 3. The summed E-state index contributed by atoms with van der Waals surface area (Å²) in [7, 11) is -2.38. The van der Waals surface area contributed by atoms with Gasteiger partial charge in [-0.2, -0.15) is 0 Å². The van der Waals surface area contributed by atoms with Gasteiger partial charge in [-0.05, 0) is 60.5 Å². The second-order valence-corrected chi connectivity index (χ2v) is 10.4. The van der Waals surface area contributed by atoms with Crippen LogP contribution in [0.1, 0.15) is 15.9 Å². The van der Waals surface area contributed by atoms with E-state index in [1.807, 2.05) is 18.2 Å². The number of para-hydroxylation sites is 1. The number of halogens is 1. The summed E-state index contributed by atoms with van der Waals surface area (Å²) >= 11 is 0. The molecule has 0 N–H and O–H groups in total. The van der Waals surface area contributed by atoms with Gasteiger partial charge in [-0.3, -0.25) is 9.10 Å². The molecule has 0 spiro atoms. The summed E-state index contributed by atoms with van der Waals surface area (Å²) < 4.78 is 47.0. The van der Waals surface area contributed by atoms with Crippen LogP contribution >= 0.6 is 0 Å². The third-order valence-electron chi connectivity index (χ3n) is 6.59. The molecule has 3 aromatic rings. The Morgan fingerprint density at radius 1 is 0.914 bits per heavy atom. The average molecular weight is 496 g/mol. The molecule has 1 amide bonds. The number of anilines is 2. The Hall–Kier alpha value is -3.59. The van der Waals surface area contributed by atoms with E-state index in [1.54, 1.807) is 23.1 Å². The smallest absolute Gasteiger partial charge is 0.264 e. The van der Waals surface area contributed by atoms with E-state index in [2.05, 4.69) is 4.90 Å². The highest BCUT2D eigenvalue weighted by Gasteiger charge is 2.32. The van der Waals surface area contributed by atoms with Crippen molar-refractivity contribution in [3.8, 4) is 5.75 Å². The summed E-state index contributed by atoms with van der Waals surface area (Å²) in [5.41, 5.74) is 2.78. The number of benzene rings is 3. The number of hydrogen-bond donors (Lipinski definition) is 0. The van der Waals surface area contributed by atoms with Crippen LogP contribution in [0.2, 0.25) is 0 Å². The zero-order valence-corrected chi connectivity index (χ0v) is 20.2. The van der Waals surface area contributed by atoms with Crippen molar-refractivity contribution in [2.45, 2.75) is 11.3 Å². The fraction of sp³-hybridized carbons (Fsp3) is 0.269. The minimum absolute atomic E-state index is 0.0586. The van der Waals surface area contributed by atoms with Gasteiger partial charge < -0.3 is 14.5 Å². The lowest BCUT2D eigenvalue weighted by atomic mass is 10.1. The van der Waals surface area contributed by atoms with Crippen LogP contribution in [0.5, 0.6) is 5.75 Å². The maximum Gasteiger partial charge on any atom is 0.264 e. The van der Waals surface area contributed by atoms with Gasteiger partial charge >= 0.3 is 0 Å². The summed E-state index contributed by atoms with van der Waals surface area (Å²) in [6, 6.07) is 18.2. The van der Waals surface area contributed by atoms with Gasteiger partial charge in [-0.15, -0.1) is 0 Å². The summed E-state index contributed by atoms with van der Waals surface area (Å²) in [6.07, 6.45) is 0.648. The van der Waals surface area contributed by atoms with Gasteiger partial charge in [-0.25, -0.2) is 12.8 Å². The Labute approximate surface area is 204 Å². The second-order valence-electron chi connectivity index (χ2n) is 8.57. The lowest BCUT2D eigenvalue weighted by molar-refractivity contribution is 0.0743. The lowest BCUT2D eigenvalue weighted by Crippen LogP contribution is -2.48. The quantitative estimate of drug-likeness (QED) is 0.542. The fourth-order valence-electron chi connectivity index (χ4n) is 4.69. The molecule has 0 aromatic heterocycles. The van der Waals surface area contributed by atoms with Crippen molar-refractivity contribution in [2.24, 2.45) is 0 Å². The Morgan fingerprint density at radius 2 is 1.63 bits per heavy atom. The first kappa shape index (κ1) is 23.2. The molecule has 0 saturated carbocycles. The summed E-state index contributed by atoms with van der Waals surface area (Å²) in [5.74, 6) is -0.238. The topological polar surface area (TPSA) is 70.2 Å². The first-order valence-corrected chi connectivity index (χ1v) is 12.9. The summed E-state index contributed by atoms with van der Waals surface area (Å²) in [6.45, 7) is 2.44. The van der Waals surface area contributed by atoms with Gasteiger partial charge in [0.1, 0.15) is 11.6 Å². The van der Waals surface area contributed by atoms with E-state index in [9.17, 15) is 17.6 Å². The number of piperazine rings is 1. The van der Waals surface area contributed by atoms with E-state index in [1.165, 1.54) is 41.7 Å². The first-order chi connectivity index (χ1) is 16.9. The van der Waals surface area contributed by atoms with Crippen LogP contribution in [-0.2, 0) is 16.4 Å². The fourth-order valence-corrected chi connectivity index (χ4v) is 6.22. The van der Waals surface area contributed by atoms with Crippen molar-refractivity contribution >= 4 is 27.3 Å². The van der Waals surface area contributed by atoms with Gasteiger partial charge in [0.2, 0.25) is 0 Å². The molecule has 5 rings (SSSR count). The van der Waals surface area contributed by atoms with Crippen molar-refractivity contribution in [1.82, 2.24) is 4.90 Å². The van der Waals surface area contributed by atoms with Crippen LogP contribution in [0.4, 0.5) is 15.8 Å². The largest absolute Gasteiger partial charge is 0.496 e. The molecule has 0 radical (unpaired) electrons. The van der Waals surface area contributed by atoms with E-state index in [0.29, 0.717) is 50.6 Å². The van der Waals surface area contributed by atoms with Crippen molar-refractivity contribution in [2.75, 3.05) is 49.0 Å².